The molecular formula is C13H23N3O. The smallest absolute Gasteiger partial charge is 0.211 e. The standard InChI is InChI=1S/C13H23N3O/c1-4-6-14-12-5-7-16(9-12)11(3)13-15-8-10(2)17-13/h8,11-12,14H,4-7,9H2,1-3H3. The van der Waals surface area contributed by atoms with Gasteiger partial charge in [-0.25, -0.2) is 4.98 Å². The Hall–Kier alpha value is -0.870. The van der Waals surface area contributed by atoms with Gasteiger partial charge in [-0.05, 0) is 33.2 Å². The number of likely N-dealkylation sites (tertiary alicyclic amines) is 1. The third kappa shape index (κ3) is 3.07. The number of nitrogens with zero attached hydrogens (tertiary/aromatic N) is 2. The highest BCUT2D eigenvalue weighted by Crippen LogP contribution is 2.24. The zero-order valence-corrected chi connectivity index (χ0v) is 11.1. The lowest BCUT2D eigenvalue weighted by molar-refractivity contribution is 0.218. The minimum Gasteiger partial charge on any atom is -0.444 e. The van der Waals surface area contributed by atoms with Crippen molar-refractivity contribution in [2.75, 3.05) is 19.6 Å². The maximum Gasteiger partial charge on any atom is 0.211 e. The Balaban J connectivity index is 1.87. The average molecular weight is 237 g/mol. The van der Waals surface area contributed by atoms with Crippen LogP contribution < -0.4 is 5.32 Å². The first-order valence-electron chi connectivity index (χ1n) is 6.60. The topological polar surface area (TPSA) is 41.3 Å². The van der Waals surface area contributed by atoms with Crippen LogP contribution in [0.2, 0.25) is 0 Å². The molecule has 0 amide bonds. The van der Waals surface area contributed by atoms with Crippen LogP contribution in [-0.2, 0) is 0 Å². The summed E-state index contributed by atoms with van der Waals surface area (Å²) in [4.78, 5) is 6.76. The molecule has 1 aliphatic rings. The SMILES string of the molecule is CCCNC1CCN(C(C)c2ncc(C)o2)C1. The van der Waals surface area contributed by atoms with Crippen LogP contribution in [0.25, 0.3) is 0 Å². The molecule has 96 valence electrons. The van der Waals surface area contributed by atoms with E-state index in [-0.39, 0.29) is 6.04 Å². The molecule has 2 atom stereocenters. The first-order valence-corrected chi connectivity index (χ1v) is 6.60. The molecule has 1 fully saturated rings. The highest BCUT2D eigenvalue weighted by molar-refractivity contribution is 4.97. The summed E-state index contributed by atoms with van der Waals surface area (Å²) >= 11 is 0. The molecule has 1 N–H and O–H groups in total. The monoisotopic (exact) mass is 237 g/mol. The van der Waals surface area contributed by atoms with Gasteiger partial charge in [0, 0.05) is 19.1 Å². The predicted octanol–water partition coefficient (Wildman–Crippen LogP) is 2.12. The van der Waals surface area contributed by atoms with Gasteiger partial charge in [0.15, 0.2) is 0 Å². The van der Waals surface area contributed by atoms with E-state index in [2.05, 4.69) is 29.0 Å². The molecule has 2 unspecified atom stereocenters. The van der Waals surface area contributed by atoms with Crippen LogP contribution in [0.5, 0.6) is 0 Å². The molecule has 2 rings (SSSR count). The third-order valence-corrected chi connectivity index (χ3v) is 3.45. The van der Waals surface area contributed by atoms with E-state index in [1.165, 1.54) is 12.8 Å². The van der Waals surface area contributed by atoms with Crippen molar-refractivity contribution in [1.29, 1.82) is 0 Å². The summed E-state index contributed by atoms with van der Waals surface area (Å²) in [6.45, 7) is 9.67. The zero-order chi connectivity index (χ0) is 12.3. The van der Waals surface area contributed by atoms with E-state index in [0.29, 0.717) is 6.04 Å². The Kier molecular flexibility index (Phi) is 4.18. The first-order chi connectivity index (χ1) is 8.20. The fourth-order valence-electron chi connectivity index (χ4n) is 2.38. The maximum atomic E-state index is 5.60. The van der Waals surface area contributed by atoms with Crippen LogP contribution >= 0.6 is 0 Å². The fourth-order valence-corrected chi connectivity index (χ4v) is 2.38. The van der Waals surface area contributed by atoms with Crippen molar-refractivity contribution in [2.45, 2.75) is 45.7 Å². The molecular weight excluding hydrogens is 214 g/mol. The summed E-state index contributed by atoms with van der Waals surface area (Å²) in [7, 11) is 0. The molecule has 0 bridgehead atoms. The summed E-state index contributed by atoms with van der Waals surface area (Å²) in [6, 6.07) is 0.922. The largest absolute Gasteiger partial charge is 0.444 e. The number of rotatable bonds is 5. The molecule has 1 aromatic rings. The Bertz CT molecular complexity index is 350. The lowest BCUT2D eigenvalue weighted by Gasteiger charge is -2.21. The van der Waals surface area contributed by atoms with Gasteiger partial charge < -0.3 is 9.73 Å². The molecule has 0 spiro atoms. The number of aromatic nitrogens is 1. The van der Waals surface area contributed by atoms with Crippen LogP contribution in [0.3, 0.4) is 0 Å². The predicted molar refractivity (Wildman–Crippen MR) is 67.9 cm³/mol. The van der Waals surface area contributed by atoms with Gasteiger partial charge in [-0.15, -0.1) is 0 Å². The summed E-state index contributed by atoms with van der Waals surface area (Å²) in [6.07, 6.45) is 4.23. The van der Waals surface area contributed by atoms with E-state index >= 15 is 0 Å². The second kappa shape index (κ2) is 5.65. The van der Waals surface area contributed by atoms with Gasteiger partial charge in [0.2, 0.25) is 5.89 Å². The van der Waals surface area contributed by atoms with Crippen LogP contribution in [0.15, 0.2) is 10.6 Å². The van der Waals surface area contributed by atoms with Gasteiger partial charge in [0.05, 0.1) is 12.2 Å². The summed E-state index contributed by atoms with van der Waals surface area (Å²) in [5, 5.41) is 3.58. The van der Waals surface area contributed by atoms with E-state index in [9.17, 15) is 0 Å². The van der Waals surface area contributed by atoms with Gasteiger partial charge in [0.1, 0.15) is 5.76 Å². The van der Waals surface area contributed by atoms with Crippen LogP contribution in [0, 0.1) is 6.92 Å². The van der Waals surface area contributed by atoms with Crippen LogP contribution in [-0.4, -0.2) is 35.6 Å². The van der Waals surface area contributed by atoms with Crippen LogP contribution in [0.1, 0.15) is 44.4 Å². The lowest BCUT2D eigenvalue weighted by atomic mass is 10.2. The first kappa shape index (κ1) is 12.6. The van der Waals surface area contributed by atoms with Crippen molar-refractivity contribution in [3.8, 4) is 0 Å². The highest BCUT2D eigenvalue weighted by Gasteiger charge is 2.28. The Morgan fingerprint density at radius 2 is 2.47 bits per heavy atom. The third-order valence-electron chi connectivity index (χ3n) is 3.45. The van der Waals surface area contributed by atoms with Gasteiger partial charge >= 0.3 is 0 Å². The molecule has 1 saturated heterocycles. The summed E-state index contributed by atoms with van der Waals surface area (Å²) < 4.78 is 5.60. The van der Waals surface area contributed by atoms with Crippen molar-refractivity contribution in [3.63, 3.8) is 0 Å². The van der Waals surface area contributed by atoms with E-state index in [4.69, 9.17) is 4.42 Å². The van der Waals surface area contributed by atoms with Crippen molar-refractivity contribution >= 4 is 0 Å². The molecule has 0 radical (unpaired) electrons. The van der Waals surface area contributed by atoms with Crippen molar-refractivity contribution in [1.82, 2.24) is 15.2 Å². The summed E-state index contributed by atoms with van der Waals surface area (Å²) in [5.41, 5.74) is 0. The Morgan fingerprint density at radius 3 is 3.12 bits per heavy atom. The molecule has 0 saturated carbocycles. The van der Waals surface area contributed by atoms with Crippen molar-refractivity contribution in [3.05, 3.63) is 17.8 Å². The second-order valence-corrected chi connectivity index (χ2v) is 4.92. The number of hydrogen-bond donors (Lipinski definition) is 1. The quantitative estimate of drug-likeness (QED) is 0.851. The molecule has 1 aliphatic heterocycles. The van der Waals surface area contributed by atoms with Crippen molar-refractivity contribution in [2.24, 2.45) is 0 Å². The molecule has 17 heavy (non-hydrogen) atoms. The number of nitrogens with one attached hydrogen (secondary N) is 1. The number of aryl methyl sites for hydroxylation is 1. The molecule has 1 aromatic heterocycles. The Labute approximate surface area is 103 Å². The minimum absolute atomic E-state index is 0.289. The highest BCUT2D eigenvalue weighted by atomic mass is 16.4. The minimum atomic E-state index is 0.289. The normalized spacial score (nSPS) is 23.1. The second-order valence-electron chi connectivity index (χ2n) is 4.92. The molecule has 2 heterocycles. The zero-order valence-electron chi connectivity index (χ0n) is 11.1. The van der Waals surface area contributed by atoms with E-state index in [1.807, 2.05) is 6.92 Å². The van der Waals surface area contributed by atoms with E-state index in [0.717, 1.165) is 31.3 Å². The van der Waals surface area contributed by atoms with E-state index in [1.54, 1.807) is 6.20 Å². The van der Waals surface area contributed by atoms with Crippen LogP contribution in [0.4, 0.5) is 0 Å². The number of oxazole rings is 1. The fraction of sp³-hybridized carbons (Fsp3) is 0.769. The van der Waals surface area contributed by atoms with Gasteiger partial charge in [-0.2, -0.15) is 0 Å². The molecule has 0 aromatic carbocycles. The molecule has 4 heteroatoms. The van der Waals surface area contributed by atoms with E-state index < -0.39 is 0 Å². The molecule has 4 nitrogen and oxygen atoms in total. The lowest BCUT2D eigenvalue weighted by Crippen LogP contribution is -2.33. The van der Waals surface area contributed by atoms with Gasteiger partial charge in [-0.3, -0.25) is 4.90 Å². The Morgan fingerprint density at radius 1 is 1.65 bits per heavy atom. The maximum absolute atomic E-state index is 5.60. The molecule has 0 aliphatic carbocycles. The van der Waals surface area contributed by atoms with Crippen molar-refractivity contribution < 1.29 is 4.42 Å². The number of hydrogen-bond acceptors (Lipinski definition) is 4. The van der Waals surface area contributed by atoms with Gasteiger partial charge in [-0.1, -0.05) is 6.92 Å². The summed E-state index contributed by atoms with van der Waals surface area (Å²) in [5.74, 6) is 1.74. The average Bonchev–Trinajstić information content (AvgIpc) is 2.94. The van der Waals surface area contributed by atoms with Gasteiger partial charge in [0.25, 0.3) is 0 Å².